The lowest BCUT2D eigenvalue weighted by Crippen LogP contribution is -2.04. The normalized spacial score (nSPS) is 14.8. The zero-order valence-corrected chi connectivity index (χ0v) is 8.04. The highest BCUT2D eigenvalue weighted by atomic mass is 16.7. The van der Waals surface area contributed by atoms with E-state index in [-0.39, 0.29) is 0 Å². The maximum absolute atomic E-state index is 9.05. The fourth-order valence-electron chi connectivity index (χ4n) is 0.865. The van der Waals surface area contributed by atoms with Crippen molar-refractivity contribution >= 4 is 0 Å². The molecule has 0 bridgehead atoms. The topological polar surface area (TPSA) is 38.7 Å². The molecule has 1 N–H and O–H groups in total. The maximum Gasteiger partial charge on any atom is 0.146 e. The molecule has 0 aromatic heterocycles. The monoisotopic (exact) mass is 174 g/mol. The summed E-state index contributed by atoms with van der Waals surface area (Å²) >= 11 is 0. The smallest absolute Gasteiger partial charge is 0.146 e. The molecule has 0 fully saturated rings. The lowest BCUT2D eigenvalue weighted by Gasteiger charge is -2.06. The summed E-state index contributed by atoms with van der Waals surface area (Å²) in [6, 6.07) is 0. The standard InChI is InChI=1S/C9H18O3/c1-4-9(5-8(2)10)6-12-7-11-3/h5,8,10H,4,6-7H2,1-3H3/b9-5+/t8-/m0/s1. The summed E-state index contributed by atoms with van der Waals surface area (Å²) in [6.07, 6.45) is 2.30. The van der Waals surface area contributed by atoms with Gasteiger partial charge in [0.15, 0.2) is 0 Å². The van der Waals surface area contributed by atoms with Gasteiger partial charge in [0.2, 0.25) is 0 Å². The highest BCUT2D eigenvalue weighted by molar-refractivity contribution is 5.03. The SMILES string of the molecule is CC/C(=C\[C@H](C)O)COCOC. The Morgan fingerprint density at radius 2 is 2.25 bits per heavy atom. The second kappa shape index (κ2) is 7.28. The van der Waals surface area contributed by atoms with Crippen LogP contribution in [0.5, 0.6) is 0 Å². The summed E-state index contributed by atoms with van der Waals surface area (Å²) in [6.45, 7) is 4.60. The molecular weight excluding hydrogens is 156 g/mol. The van der Waals surface area contributed by atoms with Crippen LogP contribution >= 0.6 is 0 Å². The molecule has 0 heterocycles. The van der Waals surface area contributed by atoms with E-state index in [4.69, 9.17) is 14.6 Å². The molecule has 0 aromatic carbocycles. The zero-order valence-electron chi connectivity index (χ0n) is 8.04. The molecule has 0 aliphatic carbocycles. The molecule has 0 saturated heterocycles. The van der Waals surface area contributed by atoms with Crippen LogP contribution in [-0.4, -0.2) is 31.7 Å². The van der Waals surface area contributed by atoms with Crippen molar-refractivity contribution in [3.63, 3.8) is 0 Å². The molecule has 0 saturated carbocycles. The number of aliphatic hydroxyl groups excluding tert-OH is 1. The van der Waals surface area contributed by atoms with Gasteiger partial charge in [-0.05, 0) is 18.9 Å². The maximum atomic E-state index is 9.05. The van der Waals surface area contributed by atoms with Crippen LogP contribution in [0, 0.1) is 0 Å². The van der Waals surface area contributed by atoms with E-state index >= 15 is 0 Å². The summed E-state index contributed by atoms with van der Waals surface area (Å²) in [7, 11) is 1.59. The van der Waals surface area contributed by atoms with Gasteiger partial charge in [0.1, 0.15) is 6.79 Å². The molecule has 0 unspecified atom stereocenters. The Labute approximate surface area is 74.0 Å². The molecule has 0 rings (SSSR count). The first-order chi connectivity index (χ1) is 5.70. The Kier molecular flexibility index (Phi) is 7.05. The van der Waals surface area contributed by atoms with Gasteiger partial charge in [0.05, 0.1) is 12.7 Å². The van der Waals surface area contributed by atoms with Crippen molar-refractivity contribution in [3.05, 3.63) is 11.6 Å². The Hall–Kier alpha value is -0.380. The largest absolute Gasteiger partial charge is 0.389 e. The molecule has 3 nitrogen and oxygen atoms in total. The number of hydrogen-bond donors (Lipinski definition) is 1. The first-order valence-electron chi connectivity index (χ1n) is 4.15. The van der Waals surface area contributed by atoms with Gasteiger partial charge in [-0.1, -0.05) is 13.0 Å². The molecule has 72 valence electrons. The number of rotatable bonds is 6. The summed E-state index contributed by atoms with van der Waals surface area (Å²) in [5.74, 6) is 0. The minimum Gasteiger partial charge on any atom is -0.389 e. The average molecular weight is 174 g/mol. The third-order valence-electron chi connectivity index (χ3n) is 1.42. The quantitative estimate of drug-likeness (QED) is 0.375. The van der Waals surface area contributed by atoms with Crippen molar-refractivity contribution < 1.29 is 14.6 Å². The Bertz CT molecular complexity index is 130. The number of aliphatic hydroxyl groups is 1. The van der Waals surface area contributed by atoms with E-state index in [9.17, 15) is 0 Å². The van der Waals surface area contributed by atoms with Crippen LogP contribution in [0.4, 0.5) is 0 Å². The number of ether oxygens (including phenoxy) is 2. The van der Waals surface area contributed by atoms with Gasteiger partial charge in [-0.2, -0.15) is 0 Å². The molecular formula is C9H18O3. The second-order valence-electron chi connectivity index (χ2n) is 2.67. The van der Waals surface area contributed by atoms with Crippen LogP contribution in [0.2, 0.25) is 0 Å². The predicted molar refractivity (Wildman–Crippen MR) is 47.9 cm³/mol. The van der Waals surface area contributed by atoms with Crippen molar-refractivity contribution in [2.75, 3.05) is 20.5 Å². The Morgan fingerprint density at radius 1 is 1.58 bits per heavy atom. The van der Waals surface area contributed by atoms with E-state index < -0.39 is 6.10 Å². The summed E-state index contributed by atoms with van der Waals surface area (Å²) < 4.78 is 9.86. The van der Waals surface area contributed by atoms with Gasteiger partial charge < -0.3 is 14.6 Å². The van der Waals surface area contributed by atoms with Crippen molar-refractivity contribution in [1.82, 2.24) is 0 Å². The van der Waals surface area contributed by atoms with E-state index in [0.29, 0.717) is 13.4 Å². The summed E-state index contributed by atoms with van der Waals surface area (Å²) in [5.41, 5.74) is 1.10. The predicted octanol–water partition coefficient (Wildman–Crippen LogP) is 1.32. The fourth-order valence-corrected chi connectivity index (χ4v) is 0.865. The first-order valence-corrected chi connectivity index (χ1v) is 4.15. The van der Waals surface area contributed by atoms with Gasteiger partial charge >= 0.3 is 0 Å². The van der Waals surface area contributed by atoms with E-state index in [1.165, 1.54) is 0 Å². The minimum absolute atomic E-state index is 0.303. The number of methoxy groups -OCH3 is 1. The lowest BCUT2D eigenvalue weighted by atomic mass is 10.2. The van der Waals surface area contributed by atoms with Crippen LogP contribution in [0.3, 0.4) is 0 Å². The molecule has 3 heteroatoms. The van der Waals surface area contributed by atoms with Crippen LogP contribution in [0.15, 0.2) is 11.6 Å². The van der Waals surface area contributed by atoms with Crippen molar-refractivity contribution in [1.29, 1.82) is 0 Å². The Balaban J connectivity index is 3.67. The van der Waals surface area contributed by atoms with E-state index in [2.05, 4.69) is 0 Å². The molecule has 12 heavy (non-hydrogen) atoms. The van der Waals surface area contributed by atoms with Crippen LogP contribution in [0.25, 0.3) is 0 Å². The lowest BCUT2D eigenvalue weighted by molar-refractivity contribution is -0.0218. The molecule has 0 aromatic rings. The van der Waals surface area contributed by atoms with Crippen molar-refractivity contribution in [3.8, 4) is 0 Å². The van der Waals surface area contributed by atoms with Crippen LogP contribution in [-0.2, 0) is 9.47 Å². The Morgan fingerprint density at radius 3 is 2.67 bits per heavy atom. The van der Waals surface area contributed by atoms with Gasteiger partial charge in [-0.25, -0.2) is 0 Å². The second-order valence-corrected chi connectivity index (χ2v) is 2.67. The minimum atomic E-state index is -0.397. The highest BCUT2D eigenvalue weighted by Gasteiger charge is 1.96. The zero-order chi connectivity index (χ0) is 9.40. The van der Waals surface area contributed by atoms with E-state index in [1.54, 1.807) is 20.1 Å². The third kappa shape index (κ3) is 6.34. The first kappa shape index (κ1) is 11.6. The molecule has 0 spiro atoms. The van der Waals surface area contributed by atoms with Gasteiger partial charge in [-0.3, -0.25) is 0 Å². The number of hydrogen-bond acceptors (Lipinski definition) is 3. The molecule has 0 aliphatic heterocycles. The van der Waals surface area contributed by atoms with Crippen molar-refractivity contribution in [2.45, 2.75) is 26.4 Å². The van der Waals surface area contributed by atoms with Crippen LogP contribution < -0.4 is 0 Å². The highest BCUT2D eigenvalue weighted by Crippen LogP contribution is 2.02. The summed E-state index contributed by atoms with van der Waals surface area (Å²) in [5, 5.41) is 9.05. The van der Waals surface area contributed by atoms with Gasteiger partial charge in [0, 0.05) is 7.11 Å². The van der Waals surface area contributed by atoms with Gasteiger partial charge in [-0.15, -0.1) is 0 Å². The molecule has 0 amide bonds. The molecule has 0 radical (unpaired) electrons. The molecule has 1 atom stereocenters. The average Bonchev–Trinajstić information content (AvgIpc) is 2.02. The van der Waals surface area contributed by atoms with Crippen molar-refractivity contribution in [2.24, 2.45) is 0 Å². The van der Waals surface area contributed by atoms with E-state index in [1.807, 2.05) is 6.92 Å². The molecule has 0 aliphatic rings. The summed E-state index contributed by atoms with van der Waals surface area (Å²) in [4.78, 5) is 0. The van der Waals surface area contributed by atoms with Crippen LogP contribution in [0.1, 0.15) is 20.3 Å². The fraction of sp³-hybridized carbons (Fsp3) is 0.778. The van der Waals surface area contributed by atoms with E-state index in [0.717, 1.165) is 12.0 Å². The third-order valence-corrected chi connectivity index (χ3v) is 1.42. The van der Waals surface area contributed by atoms with Gasteiger partial charge in [0.25, 0.3) is 0 Å².